The van der Waals surface area contributed by atoms with Crippen molar-refractivity contribution >= 4 is 29.2 Å². The standard InChI is InChI=1S/C29H40ClN3O4/c1-6-17-28(2,3)26(35)32-18-15-23(31)16-19-33-27(36)29(4,5)37-24-13-9-21(10-14-24)25(34)20-7-11-22(30)12-8-20/h7-14,23H,6,15-19,31H2,1-5H3,(H,32,35)(H,33,36). The molecule has 8 heteroatoms. The average Bonchev–Trinajstić information content (AvgIpc) is 2.84. The Morgan fingerprint density at radius 1 is 0.865 bits per heavy atom. The van der Waals surface area contributed by atoms with Crippen molar-refractivity contribution in [1.82, 2.24) is 10.6 Å². The number of ketones is 1. The molecule has 1 unspecified atom stereocenters. The smallest absolute Gasteiger partial charge is 0.263 e. The minimum atomic E-state index is -1.12. The number of nitrogens with one attached hydrogen (secondary N) is 2. The molecular weight excluding hydrogens is 490 g/mol. The Bertz CT molecular complexity index is 1050. The molecule has 0 fully saturated rings. The van der Waals surface area contributed by atoms with E-state index in [0.717, 1.165) is 12.8 Å². The molecule has 0 bridgehead atoms. The lowest BCUT2D eigenvalue weighted by Crippen LogP contribution is -2.47. The van der Waals surface area contributed by atoms with Crippen molar-refractivity contribution in [2.75, 3.05) is 13.1 Å². The van der Waals surface area contributed by atoms with Gasteiger partial charge in [0.05, 0.1) is 0 Å². The maximum absolute atomic E-state index is 12.7. The summed E-state index contributed by atoms with van der Waals surface area (Å²) in [6, 6.07) is 13.2. The average molecular weight is 530 g/mol. The molecule has 1 atom stereocenters. The topological polar surface area (TPSA) is 111 Å². The third kappa shape index (κ3) is 9.48. The Morgan fingerprint density at radius 3 is 1.86 bits per heavy atom. The molecule has 2 rings (SSSR count). The van der Waals surface area contributed by atoms with Gasteiger partial charge in [0.2, 0.25) is 5.91 Å². The van der Waals surface area contributed by atoms with E-state index in [0.29, 0.717) is 47.8 Å². The Labute approximate surface area is 225 Å². The Morgan fingerprint density at radius 2 is 1.35 bits per heavy atom. The maximum atomic E-state index is 12.7. The number of halogens is 1. The van der Waals surface area contributed by atoms with Gasteiger partial charge in [-0.15, -0.1) is 0 Å². The highest BCUT2D eigenvalue weighted by molar-refractivity contribution is 6.30. The molecule has 0 saturated carbocycles. The predicted octanol–water partition coefficient (Wildman–Crippen LogP) is 4.89. The summed E-state index contributed by atoms with van der Waals surface area (Å²) < 4.78 is 5.90. The van der Waals surface area contributed by atoms with Crippen LogP contribution in [0.1, 0.15) is 76.2 Å². The molecule has 0 radical (unpaired) electrons. The number of carbonyl (C=O) groups excluding carboxylic acids is 3. The molecule has 202 valence electrons. The van der Waals surface area contributed by atoms with Crippen LogP contribution in [0.3, 0.4) is 0 Å². The van der Waals surface area contributed by atoms with Crippen LogP contribution >= 0.6 is 11.6 Å². The largest absolute Gasteiger partial charge is 0.478 e. The number of ether oxygens (including phenoxy) is 1. The number of carbonyl (C=O) groups is 3. The van der Waals surface area contributed by atoms with E-state index in [1.807, 2.05) is 13.8 Å². The molecule has 0 heterocycles. The van der Waals surface area contributed by atoms with Crippen LogP contribution in [0.25, 0.3) is 0 Å². The monoisotopic (exact) mass is 529 g/mol. The number of hydrogen-bond donors (Lipinski definition) is 3. The number of rotatable bonds is 14. The first-order chi connectivity index (χ1) is 17.4. The Hall–Kier alpha value is -2.90. The molecule has 2 aromatic carbocycles. The summed E-state index contributed by atoms with van der Waals surface area (Å²) in [6.07, 6.45) is 3.00. The lowest BCUT2D eigenvalue weighted by atomic mass is 9.87. The first-order valence-corrected chi connectivity index (χ1v) is 13.1. The zero-order valence-electron chi connectivity index (χ0n) is 22.5. The molecule has 0 aromatic heterocycles. The van der Waals surface area contributed by atoms with E-state index < -0.39 is 5.60 Å². The fourth-order valence-corrected chi connectivity index (χ4v) is 3.99. The summed E-state index contributed by atoms with van der Waals surface area (Å²) in [5.74, 6) is 0.124. The number of nitrogens with two attached hydrogens (primary N) is 1. The summed E-state index contributed by atoms with van der Waals surface area (Å²) >= 11 is 5.89. The molecule has 4 N–H and O–H groups in total. The number of amides is 2. The second-order valence-electron chi connectivity index (χ2n) is 10.5. The van der Waals surface area contributed by atoms with Gasteiger partial charge in [-0.2, -0.15) is 0 Å². The third-order valence-corrected chi connectivity index (χ3v) is 6.49. The minimum Gasteiger partial charge on any atom is -0.478 e. The van der Waals surface area contributed by atoms with Crippen molar-refractivity contribution in [2.45, 2.75) is 71.9 Å². The van der Waals surface area contributed by atoms with Gasteiger partial charge in [0.25, 0.3) is 5.91 Å². The zero-order chi connectivity index (χ0) is 27.6. The van der Waals surface area contributed by atoms with Gasteiger partial charge < -0.3 is 21.1 Å². The minimum absolute atomic E-state index is 0.0381. The highest BCUT2D eigenvalue weighted by Gasteiger charge is 2.30. The van der Waals surface area contributed by atoms with Gasteiger partial charge >= 0.3 is 0 Å². The summed E-state index contributed by atoms with van der Waals surface area (Å²) in [7, 11) is 0. The third-order valence-electron chi connectivity index (χ3n) is 6.23. The van der Waals surface area contributed by atoms with Crippen molar-refractivity contribution in [1.29, 1.82) is 0 Å². The van der Waals surface area contributed by atoms with Crippen LogP contribution < -0.4 is 21.1 Å². The molecule has 0 aliphatic rings. The summed E-state index contributed by atoms with van der Waals surface area (Å²) in [4.78, 5) is 37.6. The number of benzene rings is 2. The van der Waals surface area contributed by atoms with Crippen molar-refractivity contribution < 1.29 is 19.1 Å². The molecule has 2 amide bonds. The van der Waals surface area contributed by atoms with Crippen LogP contribution in [0, 0.1) is 5.41 Å². The van der Waals surface area contributed by atoms with Crippen LogP contribution in [0.15, 0.2) is 48.5 Å². The van der Waals surface area contributed by atoms with Crippen molar-refractivity contribution in [2.24, 2.45) is 11.1 Å². The quantitative estimate of drug-likeness (QED) is 0.302. The van der Waals surface area contributed by atoms with Crippen molar-refractivity contribution in [3.63, 3.8) is 0 Å². The normalized spacial score (nSPS) is 12.5. The maximum Gasteiger partial charge on any atom is 0.263 e. The zero-order valence-corrected chi connectivity index (χ0v) is 23.3. The lowest BCUT2D eigenvalue weighted by molar-refractivity contribution is -0.134. The molecule has 7 nitrogen and oxygen atoms in total. The SMILES string of the molecule is CCCC(C)(C)C(=O)NCCC(N)CCNC(=O)C(C)(C)Oc1ccc(C(=O)c2ccc(Cl)cc2)cc1. The van der Waals surface area contributed by atoms with E-state index >= 15 is 0 Å². The van der Waals surface area contributed by atoms with Gasteiger partial charge in [-0.25, -0.2) is 0 Å². The summed E-state index contributed by atoms with van der Waals surface area (Å²) in [6.45, 7) is 10.2. The van der Waals surface area contributed by atoms with E-state index in [1.165, 1.54) is 0 Å². The molecule has 2 aromatic rings. The fraction of sp³-hybridized carbons (Fsp3) is 0.483. The van der Waals surface area contributed by atoms with Gasteiger partial charge in [0.1, 0.15) is 5.75 Å². The molecular formula is C29H40ClN3O4. The van der Waals surface area contributed by atoms with Gasteiger partial charge in [-0.1, -0.05) is 38.8 Å². The van der Waals surface area contributed by atoms with Crippen LogP contribution in [-0.4, -0.2) is 42.3 Å². The van der Waals surface area contributed by atoms with Crippen LogP contribution in [0.4, 0.5) is 0 Å². The molecule has 0 saturated heterocycles. The highest BCUT2D eigenvalue weighted by Crippen LogP contribution is 2.23. The highest BCUT2D eigenvalue weighted by atomic mass is 35.5. The van der Waals surface area contributed by atoms with Crippen molar-refractivity contribution in [3.05, 3.63) is 64.7 Å². The fourth-order valence-electron chi connectivity index (χ4n) is 3.86. The van der Waals surface area contributed by atoms with Crippen LogP contribution in [0.5, 0.6) is 5.75 Å². The molecule has 0 spiro atoms. The first-order valence-electron chi connectivity index (χ1n) is 12.8. The summed E-state index contributed by atoms with van der Waals surface area (Å²) in [5, 5.41) is 6.40. The Balaban J connectivity index is 1.77. The van der Waals surface area contributed by atoms with Crippen LogP contribution in [-0.2, 0) is 9.59 Å². The second kappa shape index (κ2) is 13.6. The number of hydrogen-bond acceptors (Lipinski definition) is 5. The molecule has 0 aliphatic carbocycles. The van der Waals surface area contributed by atoms with Gasteiger partial charge in [0.15, 0.2) is 11.4 Å². The van der Waals surface area contributed by atoms with Gasteiger partial charge in [-0.05, 0) is 81.6 Å². The van der Waals surface area contributed by atoms with E-state index in [2.05, 4.69) is 17.6 Å². The second-order valence-corrected chi connectivity index (χ2v) is 10.9. The lowest BCUT2D eigenvalue weighted by Gasteiger charge is -2.26. The Kier molecular flexibility index (Phi) is 11.1. The van der Waals surface area contributed by atoms with Gasteiger partial charge in [0, 0.05) is 40.7 Å². The van der Waals surface area contributed by atoms with E-state index in [9.17, 15) is 14.4 Å². The van der Waals surface area contributed by atoms with E-state index in [-0.39, 0.29) is 29.1 Å². The van der Waals surface area contributed by atoms with Crippen LogP contribution in [0.2, 0.25) is 5.02 Å². The van der Waals surface area contributed by atoms with E-state index in [1.54, 1.807) is 62.4 Å². The van der Waals surface area contributed by atoms with Gasteiger partial charge in [-0.3, -0.25) is 14.4 Å². The van der Waals surface area contributed by atoms with E-state index in [4.69, 9.17) is 22.1 Å². The predicted molar refractivity (Wildman–Crippen MR) is 148 cm³/mol. The molecule has 37 heavy (non-hydrogen) atoms. The van der Waals surface area contributed by atoms with Crippen molar-refractivity contribution in [3.8, 4) is 5.75 Å². The molecule has 0 aliphatic heterocycles. The first kappa shape index (κ1) is 30.3. The summed E-state index contributed by atoms with van der Waals surface area (Å²) in [5.41, 5.74) is 5.71.